The fourth-order valence-electron chi connectivity index (χ4n) is 5.12. The molecule has 5 heteroatoms. The van der Waals surface area contributed by atoms with E-state index in [1.165, 1.54) is 11.1 Å². The zero-order chi connectivity index (χ0) is 25.2. The van der Waals surface area contributed by atoms with Gasteiger partial charge in [0.25, 0.3) is 0 Å². The van der Waals surface area contributed by atoms with E-state index in [1.807, 2.05) is 72.8 Å². The lowest BCUT2D eigenvalue weighted by Crippen LogP contribution is -2.25. The Kier molecular flexibility index (Phi) is 5.95. The van der Waals surface area contributed by atoms with Crippen molar-refractivity contribution in [2.24, 2.45) is 5.73 Å². The van der Waals surface area contributed by atoms with Crippen molar-refractivity contribution in [3.05, 3.63) is 144 Å². The van der Waals surface area contributed by atoms with E-state index >= 15 is 0 Å². The van der Waals surface area contributed by atoms with Crippen LogP contribution < -0.4 is 15.2 Å². The van der Waals surface area contributed by atoms with Crippen LogP contribution in [0.4, 0.5) is 0 Å². The van der Waals surface area contributed by atoms with Gasteiger partial charge in [-0.2, -0.15) is 0 Å². The van der Waals surface area contributed by atoms with Crippen LogP contribution in [0.25, 0.3) is 0 Å². The van der Waals surface area contributed by atoms with Crippen molar-refractivity contribution in [1.29, 1.82) is 0 Å². The molecule has 1 aromatic heterocycles. The van der Waals surface area contributed by atoms with Crippen LogP contribution in [0.1, 0.15) is 34.1 Å². The van der Waals surface area contributed by atoms with Gasteiger partial charge in [-0.15, -0.1) is 0 Å². The van der Waals surface area contributed by atoms with Crippen molar-refractivity contribution in [1.82, 2.24) is 4.57 Å². The van der Waals surface area contributed by atoms with Gasteiger partial charge in [0.15, 0.2) is 0 Å². The molecule has 0 unspecified atom stereocenters. The number of carbonyl (C=O) groups excluding carboxylic acids is 1. The number of primary amides is 1. The van der Waals surface area contributed by atoms with Gasteiger partial charge in [0.1, 0.15) is 23.0 Å². The molecular formula is C32H26N2O3. The fraction of sp³-hybridized carbons (Fsp3) is 0.0938. The number of hydrogen-bond donors (Lipinski definition) is 1. The Bertz CT molecular complexity index is 1470. The highest BCUT2D eigenvalue weighted by molar-refractivity contribution is 5.88. The Morgan fingerprint density at radius 2 is 0.973 bits per heavy atom. The van der Waals surface area contributed by atoms with E-state index in [1.54, 1.807) is 0 Å². The van der Waals surface area contributed by atoms with Gasteiger partial charge in [-0.05, 0) is 36.4 Å². The molecule has 3 heterocycles. The number of benzene rings is 4. The van der Waals surface area contributed by atoms with Crippen LogP contribution >= 0.6 is 0 Å². The van der Waals surface area contributed by atoms with Gasteiger partial charge >= 0.3 is 0 Å². The molecule has 1 amide bonds. The number of para-hydroxylation sites is 4. The number of fused-ring (bicyclic) bond motifs is 4. The maximum Gasteiger partial charge on any atom is 0.229 e. The zero-order valence-electron chi connectivity index (χ0n) is 20.2. The highest BCUT2D eigenvalue weighted by atomic mass is 16.5. The second-order valence-corrected chi connectivity index (χ2v) is 9.12. The first-order valence-electron chi connectivity index (χ1n) is 12.3. The second kappa shape index (κ2) is 9.70. The molecule has 5 nitrogen and oxygen atoms in total. The van der Waals surface area contributed by atoms with Gasteiger partial charge in [-0.1, -0.05) is 72.8 Å². The van der Waals surface area contributed by atoms with Crippen molar-refractivity contribution in [3.63, 3.8) is 0 Å². The molecule has 0 aliphatic carbocycles. The predicted octanol–water partition coefficient (Wildman–Crippen LogP) is 6.84. The molecule has 0 atom stereocenters. The van der Waals surface area contributed by atoms with Crippen LogP contribution in [0, 0.1) is 0 Å². The summed E-state index contributed by atoms with van der Waals surface area (Å²) >= 11 is 0. The number of hydrogen-bond acceptors (Lipinski definition) is 3. The van der Waals surface area contributed by atoms with Crippen LogP contribution in [-0.4, -0.2) is 10.5 Å². The summed E-state index contributed by atoms with van der Waals surface area (Å²) in [4.78, 5) is 11.6. The van der Waals surface area contributed by atoms with Crippen LogP contribution in [0.3, 0.4) is 0 Å². The molecule has 0 spiro atoms. The third-order valence-corrected chi connectivity index (χ3v) is 6.83. The molecule has 0 fully saturated rings. The zero-order valence-corrected chi connectivity index (χ0v) is 20.2. The van der Waals surface area contributed by atoms with Crippen LogP contribution in [0.15, 0.2) is 122 Å². The first-order chi connectivity index (χ1) is 18.2. The van der Waals surface area contributed by atoms with E-state index in [-0.39, 0.29) is 5.91 Å². The van der Waals surface area contributed by atoms with E-state index in [4.69, 9.17) is 15.2 Å². The van der Waals surface area contributed by atoms with Gasteiger partial charge in [0, 0.05) is 47.1 Å². The Morgan fingerprint density at radius 1 is 0.595 bits per heavy atom. The van der Waals surface area contributed by atoms with E-state index in [2.05, 4.69) is 53.4 Å². The Morgan fingerprint density at radius 3 is 1.41 bits per heavy atom. The summed E-state index contributed by atoms with van der Waals surface area (Å²) in [6.07, 6.45) is 4.22. The summed E-state index contributed by atoms with van der Waals surface area (Å²) in [6, 6.07) is 35.8. The predicted molar refractivity (Wildman–Crippen MR) is 143 cm³/mol. The summed E-state index contributed by atoms with van der Waals surface area (Å²) in [5.41, 5.74) is 9.69. The van der Waals surface area contributed by atoms with Gasteiger partial charge in [0.05, 0.1) is 5.92 Å². The number of amides is 1. The number of nitrogens with zero attached hydrogens (tertiary/aromatic N) is 1. The van der Waals surface area contributed by atoms with Crippen molar-refractivity contribution >= 4 is 5.91 Å². The molecule has 37 heavy (non-hydrogen) atoms. The maximum absolute atomic E-state index is 11.6. The smallest absolute Gasteiger partial charge is 0.229 e. The first-order valence-corrected chi connectivity index (χ1v) is 12.3. The average molecular weight is 487 g/mol. The lowest BCUT2D eigenvalue weighted by atomic mass is 9.87. The highest BCUT2D eigenvalue weighted by Gasteiger charge is 2.30. The molecular weight excluding hydrogens is 460 g/mol. The SMILES string of the molecule is NC(=O)C1c2ccccc2Oc2ccccc21.c1ccc2c(c1)Oc1ccccc1C2Cn1cccc1. The summed E-state index contributed by atoms with van der Waals surface area (Å²) in [7, 11) is 0. The standard InChI is InChI=1S/C18H15NO.C14H11NO2/c1-3-9-17-14(7-1)16(13-19-11-5-6-12-19)15-8-2-4-10-18(15)20-17;15-14(16)13-9-5-1-3-7-11(9)17-12-8-4-2-6-10(12)13/h1-12,16H,13H2;1-8,13H,(H2,15,16). The topological polar surface area (TPSA) is 66.5 Å². The number of carbonyl (C=O) groups is 1. The Balaban J connectivity index is 0.000000138. The van der Waals surface area contributed by atoms with Gasteiger partial charge in [-0.25, -0.2) is 0 Å². The fourth-order valence-corrected chi connectivity index (χ4v) is 5.12. The monoisotopic (exact) mass is 486 g/mol. The molecule has 2 N–H and O–H groups in total. The number of ether oxygens (including phenoxy) is 2. The van der Waals surface area contributed by atoms with Gasteiger partial charge in [-0.3, -0.25) is 4.79 Å². The Labute approximate surface area is 215 Å². The molecule has 2 aliphatic rings. The van der Waals surface area contributed by atoms with Gasteiger partial charge < -0.3 is 19.8 Å². The minimum atomic E-state index is -0.420. The minimum absolute atomic E-state index is 0.337. The maximum atomic E-state index is 11.6. The van der Waals surface area contributed by atoms with E-state index in [9.17, 15) is 4.79 Å². The van der Waals surface area contributed by atoms with Crippen LogP contribution in [0.2, 0.25) is 0 Å². The van der Waals surface area contributed by atoms with Crippen molar-refractivity contribution < 1.29 is 14.3 Å². The Hall–Kier alpha value is -4.77. The summed E-state index contributed by atoms with van der Waals surface area (Å²) in [6.45, 7) is 0.935. The molecule has 0 bridgehead atoms. The average Bonchev–Trinajstić information content (AvgIpc) is 3.45. The van der Waals surface area contributed by atoms with Gasteiger partial charge in [0.2, 0.25) is 5.91 Å². The molecule has 7 rings (SSSR count). The lowest BCUT2D eigenvalue weighted by Gasteiger charge is -2.28. The minimum Gasteiger partial charge on any atom is -0.457 e. The highest BCUT2D eigenvalue weighted by Crippen LogP contribution is 2.45. The molecule has 4 aromatic carbocycles. The number of rotatable bonds is 3. The molecule has 5 aromatic rings. The number of aromatic nitrogens is 1. The summed E-state index contributed by atoms with van der Waals surface area (Å²) in [5, 5.41) is 0. The van der Waals surface area contributed by atoms with E-state index < -0.39 is 5.92 Å². The molecule has 2 aliphatic heterocycles. The largest absolute Gasteiger partial charge is 0.457 e. The third-order valence-electron chi connectivity index (χ3n) is 6.83. The second-order valence-electron chi connectivity index (χ2n) is 9.12. The van der Waals surface area contributed by atoms with E-state index in [0.717, 1.165) is 29.2 Å². The third kappa shape index (κ3) is 4.36. The molecule has 182 valence electrons. The van der Waals surface area contributed by atoms with Crippen molar-refractivity contribution in [2.45, 2.75) is 18.4 Å². The summed E-state index contributed by atoms with van der Waals surface area (Å²) < 4.78 is 14.0. The number of nitrogens with two attached hydrogens (primary N) is 1. The van der Waals surface area contributed by atoms with Crippen LogP contribution in [0.5, 0.6) is 23.0 Å². The quantitative estimate of drug-likeness (QED) is 0.304. The summed E-state index contributed by atoms with van der Waals surface area (Å²) in [5.74, 6) is 2.92. The van der Waals surface area contributed by atoms with Crippen molar-refractivity contribution in [2.75, 3.05) is 0 Å². The lowest BCUT2D eigenvalue weighted by molar-refractivity contribution is -0.118. The van der Waals surface area contributed by atoms with E-state index in [0.29, 0.717) is 17.4 Å². The normalized spacial score (nSPS) is 13.4. The van der Waals surface area contributed by atoms with Crippen molar-refractivity contribution in [3.8, 4) is 23.0 Å². The molecule has 0 radical (unpaired) electrons. The first kappa shape index (κ1) is 22.7. The van der Waals surface area contributed by atoms with Crippen LogP contribution in [-0.2, 0) is 11.3 Å². The molecule has 0 saturated carbocycles. The molecule has 0 saturated heterocycles.